The van der Waals surface area contributed by atoms with Gasteiger partial charge in [0.25, 0.3) is 0 Å². The molecule has 1 heterocycles. The van der Waals surface area contributed by atoms with Crippen LogP contribution in [0.15, 0.2) is 24.3 Å². The smallest absolute Gasteiger partial charge is 0.203 e. The van der Waals surface area contributed by atoms with Gasteiger partial charge in [0, 0.05) is 11.3 Å². The summed E-state index contributed by atoms with van der Waals surface area (Å²) in [6.07, 6.45) is 0. The first-order valence-electron chi connectivity index (χ1n) is 5.15. The zero-order valence-electron chi connectivity index (χ0n) is 9.58. The molecule has 88 valence electrons. The Kier molecular flexibility index (Phi) is 3.22. The lowest BCUT2D eigenvalue weighted by molar-refractivity contribution is 0.104. The largest absolute Gasteiger partial charge is 0.399 e. The van der Waals surface area contributed by atoms with Crippen molar-refractivity contribution in [3.8, 4) is 0 Å². The van der Waals surface area contributed by atoms with Gasteiger partial charge in [0.05, 0.1) is 9.21 Å². The minimum atomic E-state index is -0.0274. The maximum atomic E-state index is 12.2. The molecule has 1 aromatic heterocycles. The van der Waals surface area contributed by atoms with Gasteiger partial charge in [0.1, 0.15) is 0 Å². The second-order valence-corrected chi connectivity index (χ2v) is 5.68. The molecule has 17 heavy (non-hydrogen) atoms. The fourth-order valence-corrected chi connectivity index (χ4v) is 2.82. The number of halogens is 1. The summed E-state index contributed by atoms with van der Waals surface area (Å²) in [5, 5.41) is 0. The molecular formula is C13H12ClNOS. The molecule has 0 bridgehead atoms. The maximum absolute atomic E-state index is 12.2. The molecule has 0 aliphatic heterocycles. The lowest BCUT2D eigenvalue weighted by Gasteiger charge is -2.02. The number of carbonyl (C=O) groups excluding carboxylic acids is 1. The number of anilines is 1. The molecule has 0 aliphatic carbocycles. The van der Waals surface area contributed by atoms with Crippen molar-refractivity contribution in [2.45, 2.75) is 13.8 Å². The summed E-state index contributed by atoms with van der Waals surface area (Å²) in [6.45, 7) is 3.81. The summed E-state index contributed by atoms with van der Waals surface area (Å²) >= 11 is 7.27. The number of thiophene rings is 1. The van der Waals surface area contributed by atoms with Gasteiger partial charge in [-0.05, 0) is 49.2 Å². The van der Waals surface area contributed by atoms with Crippen molar-refractivity contribution < 1.29 is 4.79 Å². The van der Waals surface area contributed by atoms with E-state index in [1.807, 2.05) is 32.0 Å². The molecule has 0 saturated carbocycles. The quantitative estimate of drug-likeness (QED) is 0.662. The van der Waals surface area contributed by atoms with Crippen molar-refractivity contribution in [3.05, 3.63) is 50.2 Å². The van der Waals surface area contributed by atoms with E-state index in [4.69, 9.17) is 17.3 Å². The second-order valence-electron chi connectivity index (χ2n) is 4.03. The van der Waals surface area contributed by atoms with Crippen molar-refractivity contribution in [2.75, 3.05) is 5.73 Å². The van der Waals surface area contributed by atoms with E-state index in [1.54, 1.807) is 6.07 Å². The Morgan fingerprint density at radius 2 is 1.94 bits per heavy atom. The Morgan fingerprint density at radius 1 is 1.24 bits per heavy atom. The summed E-state index contributed by atoms with van der Waals surface area (Å²) in [7, 11) is 0. The normalized spacial score (nSPS) is 10.5. The molecule has 1 aromatic carbocycles. The first kappa shape index (κ1) is 12.1. The summed E-state index contributed by atoms with van der Waals surface area (Å²) in [5.41, 5.74) is 8.86. The van der Waals surface area contributed by atoms with E-state index in [2.05, 4.69) is 0 Å². The molecule has 2 nitrogen and oxygen atoms in total. The second kappa shape index (κ2) is 4.51. The van der Waals surface area contributed by atoms with Crippen molar-refractivity contribution in [1.82, 2.24) is 0 Å². The third-order valence-corrected chi connectivity index (χ3v) is 4.00. The molecule has 4 heteroatoms. The van der Waals surface area contributed by atoms with Crippen LogP contribution in [0.2, 0.25) is 4.34 Å². The highest BCUT2D eigenvalue weighted by Crippen LogP contribution is 2.29. The van der Waals surface area contributed by atoms with Crippen LogP contribution >= 0.6 is 22.9 Å². The van der Waals surface area contributed by atoms with E-state index in [-0.39, 0.29) is 5.78 Å². The minimum absolute atomic E-state index is 0.0274. The zero-order chi connectivity index (χ0) is 12.6. The Hall–Kier alpha value is -1.32. The molecule has 0 atom stereocenters. The van der Waals surface area contributed by atoms with Crippen LogP contribution in [0.5, 0.6) is 0 Å². The predicted octanol–water partition coefficient (Wildman–Crippen LogP) is 3.83. The number of benzene rings is 1. The Bertz CT molecular complexity index is 549. The number of hydrogen-bond acceptors (Lipinski definition) is 3. The van der Waals surface area contributed by atoms with Gasteiger partial charge in [-0.2, -0.15) is 0 Å². The maximum Gasteiger partial charge on any atom is 0.203 e. The Labute approximate surface area is 109 Å². The van der Waals surface area contributed by atoms with Crippen LogP contribution in [-0.2, 0) is 0 Å². The number of carbonyl (C=O) groups is 1. The summed E-state index contributed by atoms with van der Waals surface area (Å²) in [5.74, 6) is -0.0274. The SMILES string of the molecule is Cc1cc(N)cc(C(=O)c2cc(C)c(Cl)s2)c1. The van der Waals surface area contributed by atoms with Crippen LogP contribution in [0.25, 0.3) is 0 Å². The Morgan fingerprint density at radius 3 is 2.47 bits per heavy atom. The predicted molar refractivity (Wildman–Crippen MR) is 73.1 cm³/mol. The van der Waals surface area contributed by atoms with Gasteiger partial charge in [-0.1, -0.05) is 11.6 Å². The number of nitrogen functional groups attached to an aromatic ring is 1. The van der Waals surface area contributed by atoms with Crippen LogP contribution in [0.4, 0.5) is 5.69 Å². The highest BCUT2D eigenvalue weighted by atomic mass is 35.5. The van der Waals surface area contributed by atoms with Crippen molar-refractivity contribution in [1.29, 1.82) is 0 Å². The molecule has 0 amide bonds. The van der Waals surface area contributed by atoms with Gasteiger partial charge >= 0.3 is 0 Å². The van der Waals surface area contributed by atoms with E-state index in [9.17, 15) is 4.79 Å². The Balaban J connectivity index is 2.43. The third kappa shape index (κ3) is 2.51. The van der Waals surface area contributed by atoms with Gasteiger partial charge in [0.2, 0.25) is 5.78 Å². The molecule has 0 saturated heterocycles. The highest BCUT2D eigenvalue weighted by Gasteiger charge is 2.14. The topological polar surface area (TPSA) is 43.1 Å². The summed E-state index contributed by atoms with van der Waals surface area (Å²) in [6, 6.07) is 7.18. The number of aryl methyl sites for hydroxylation is 2. The number of rotatable bonds is 2. The van der Waals surface area contributed by atoms with Crippen molar-refractivity contribution in [2.24, 2.45) is 0 Å². The van der Waals surface area contributed by atoms with Gasteiger partial charge in [0.15, 0.2) is 0 Å². The van der Waals surface area contributed by atoms with Gasteiger partial charge in [-0.15, -0.1) is 11.3 Å². The van der Waals surface area contributed by atoms with Crippen molar-refractivity contribution >= 4 is 34.4 Å². The number of ketones is 1. The standard InChI is InChI=1S/C13H12ClNOS/c1-7-3-9(6-10(15)4-7)12(16)11-5-8(2)13(14)17-11/h3-6H,15H2,1-2H3. The minimum Gasteiger partial charge on any atom is -0.399 e. The van der Waals surface area contributed by atoms with E-state index in [0.29, 0.717) is 20.5 Å². The molecule has 0 unspecified atom stereocenters. The van der Waals surface area contributed by atoms with Crippen LogP contribution < -0.4 is 5.73 Å². The first-order valence-corrected chi connectivity index (χ1v) is 6.34. The fourth-order valence-electron chi connectivity index (χ4n) is 1.66. The molecule has 2 N–H and O–H groups in total. The van der Waals surface area contributed by atoms with E-state index in [1.165, 1.54) is 11.3 Å². The van der Waals surface area contributed by atoms with Gasteiger partial charge in [-0.3, -0.25) is 4.79 Å². The molecule has 2 aromatic rings. The van der Waals surface area contributed by atoms with E-state index in [0.717, 1.165) is 11.1 Å². The third-order valence-electron chi connectivity index (χ3n) is 2.44. The van der Waals surface area contributed by atoms with Crippen LogP contribution in [0, 0.1) is 13.8 Å². The fraction of sp³-hybridized carbons (Fsp3) is 0.154. The molecular weight excluding hydrogens is 254 g/mol. The number of nitrogens with two attached hydrogens (primary N) is 1. The average molecular weight is 266 g/mol. The molecule has 0 fully saturated rings. The van der Waals surface area contributed by atoms with Crippen LogP contribution in [-0.4, -0.2) is 5.78 Å². The highest BCUT2D eigenvalue weighted by molar-refractivity contribution is 7.18. The summed E-state index contributed by atoms with van der Waals surface area (Å²) in [4.78, 5) is 12.9. The van der Waals surface area contributed by atoms with Gasteiger partial charge in [-0.25, -0.2) is 0 Å². The molecule has 0 radical (unpaired) electrons. The van der Waals surface area contributed by atoms with Crippen LogP contribution in [0.1, 0.15) is 26.4 Å². The van der Waals surface area contributed by atoms with E-state index >= 15 is 0 Å². The van der Waals surface area contributed by atoms with E-state index < -0.39 is 0 Å². The van der Waals surface area contributed by atoms with Crippen molar-refractivity contribution in [3.63, 3.8) is 0 Å². The average Bonchev–Trinajstić information content (AvgIpc) is 2.57. The first-order chi connectivity index (χ1) is 7.97. The summed E-state index contributed by atoms with van der Waals surface area (Å²) < 4.78 is 0.661. The molecule has 0 spiro atoms. The lowest BCUT2D eigenvalue weighted by Crippen LogP contribution is -2.00. The number of hydrogen-bond donors (Lipinski definition) is 1. The van der Waals surface area contributed by atoms with Crippen LogP contribution in [0.3, 0.4) is 0 Å². The lowest BCUT2D eigenvalue weighted by atomic mass is 10.1. The molecule has 0 aliphatic rings. The molecule has 2 rings (SSSR count). The van der Waals surface area contributed by atoms with Gasteiger partial charge < -0.3 is 5.73 Å². The monoisotopic (exact) mass is 265 g/mol. The zero-order valence-corrected chi connectivity index (χ0v) is 11.2.